The summed E-state index contributed by atoms with van der Waals surface area (Å²) in [6, 6.07) is 13.1. The van der Waals surface area contributed by atoms with Gasteiger partial charge in [-0.1, -0.05) is 24.3 Å². The fraction of sp³-hybridized carbons (Fsp3) is 0.118. The topological polar surface area (TPSA) is 82.2 Å². The third kappa shape index (κ3) is 2.41. The van der Waals surface area contributed by atoms with Crippen molar-refractivity contribution in [2.45, 2.75) is 18.7 Å². The van der Waals surface area contributed by atoms with Crippen LogP contribution in [0, 0.1) is 13.8 Å². The molecule has 3 aromatic rings. The molecule has 0 spiro atoms. The van der Waals surface area contributed by atoms with Crippen LogP contribution >= 0.6 is 0 Å². The Labute approximate surface area is 134 Å². The zero-order valence-corrected chi connectivity index (χ0v) is 13.6. The summed E-state index contributed by atoms with van der Waals surface area (Å²) in [6.45, 7) is 3.30. The van der Waals surface area contributed by atoms with Crippen LogP contribution in [0.5, 0.6) is 0 Å². The maximum Gasteiger partial charge on any atom is 0.271 e. The molecule has 0 saturated heterocycles. The summed E-state index contributed by atoms with van der Waals surface area (Å²) in [5.41, 5.74) is 6.84. The molecule has 23 heavy (non-hydrogen) atoms. The van der Waals surface area contributed by atoms with Gasteiger partial charge < -0.3 is 5.73 Å². The normalized spacial score (nSPS) is 11.7. The van der Waals surface area contributed by atoms with Crippen LogP contribution < -0.4 is 11.3 Å². The van der Waals surface area contributed by atoms with Gasteiger partial charge in [-0.15, -0.1) is 0 Å². The first-order valence-corrected chi connectivity index (χ1v) is 8.49. The first-order chi connectivity index (χ1) is 10.8. The van der Waals surface area contributed by atoms with Crippen LogP contribution in [0.1, 0.15) is 11.1 Å². The van der Waals surface area contributed by atoms with Gasteiger partial charge in [0.1, 0.15) is 0 Å². The molecule has 0 aliphatic heterocycles. The largest absolute Gasteiger partial charge is 0.399 e. The Morgan fingerprint density at radius 3 is 2.35 bits per heavy atom. The minimum atomic E-state index is -4.02. The third-order valence-corrected chi connectivity index (χ3v) is 5.64. The highest BCUT2D eigenvalue weighted by Gasteiger charge is 2.23. The lowest BCUT2D eigenvalue weighted by molar-refractivity contribution is 0.586. The van der Waals surface area contributed by atoms with Gasteiger partial charge in [0.15, 0.2) is 0 Å². The summed E-state index contributed by atoms with van der Waals surface area (Å²) >= 11 is 0. The highest BCUT2D eigenvalue weighted by molar-refractivity contribution is 7.90. The van der Waals surface area contributed by atoms with Crippen LogP contribution in [0.15, 0.2) is 58.2 Å². The monoisotopic (exact) mass is 328 g/mol. The molecule has 0 radical (unpaired) electrons. The van der Waals surface area contributed by atoms with Crippen molar-refractivity contribution in [2.75, 3.05) is 5.73 Å². The lowest BCUT2D eigenvalue weighted by Crippen LogP contribution is -2.29. The SMILES string of the molecule is Cc1ccccc1S(=O)(=O)n1c(=O)c(C)cc2ccc(N)cc21. The number of pyridine rings is 1. The third-order valence-electron chi connectivity index (χ3n) is 3.78. The van der Waals surface area contributed by atoms with Crippen molar-refractivity contribution in [3.05, 3.63) is 70.0 Å². The minimum Gasteiger partial charge on any atom is -0.399 e. The average molecular weight is 328 g/mol. The van der Waals surface area contributed by atoms with Gasteiger partial charge in [0, 0.05) is 11.3 Å². The highest BCUT2D eigenvalue weighted by Crippen LogP contribution is 2.23. The fourth-order valence-electron chi connectivity index (χ4n) is 2.61. The number of anilines is 1. The first kappa shape index (κ1) is 15.3. The molecule has 2 N–H and O–H groups in total. The molecule has 0 aliphatic rings. The lowest BCUT2D eigenvalue weighted by Gasteiger charge is -2.14. The Morgan fingerprint density at radius 1 is 0.957 bits per heavy atom. The van der Waals surface area contributed by atoms with Crippen LogP contribution in [-0.4, -0.2) is 12.4 Å². The van der Waals surface area contributed by atoms with E-state index in [-0.39, 0.29) is 10.4 Å². The molecule has 0 saturated carbocycles. The average Bonchev–Trinajstić information content (AvgIpc) is 2.49. The van der Waals surface area contributed by atoms with Crippen molar-refractivity contribution in [1.29, 1.82) is 0 Å². The molecule has 2 aromatic carbocycles. The second-order valence-electron chi connectivity index (χ2n) is 5.49. The lowest BCUT2D eigenvalue weighted by atomic mass is 10.1. The summed E-state index contributed by atoms with van der Waals surface area (Å²) in [5, 5.41) is 0.647. The quantitative estimate of drug-likeness (QED) is 0.733. The predicted molar refractivity (Wildman–Crippen MR) is 91.1 cm³/mol. The highest BCUT2D eigenvalue weighted by atomic mass is 32.2. The molecule has 0 amide bonds. The molecule has 0 bridgehead atoms. The summed E-state index contributed by atoms with van der Waals surface area (Å²) < 4.78 is 27.0. The number of hydrogen-bond donors (Lipinski definition) is 1. The number of aryl methyl sites for hydroxylation is 2. The Kier molecular flexibility index (Phi) is 3.49. The number of nitrogens with zero attached hydrogens (tertiary/aromatic N) is 1. The Balaban J connectivity index is 2.49. The fourth-order valence-corrected chi connectivity index (χ4v) is 4.31. The number of nitrogens with two attached hydrogens (primary N) is 1. The summed E-state index contributed by atoms with van der Waals surface area (Å²) in [5.74, 6) is 0. The van der Waals surface area contributed by atoms with Crippen LogP contribution in [-0.2, 0) is 10.0 Å². The molecule has 5 nitrogen and oxygen atoms in total. The molecule has 3 rings (SSSR count). The molecular formula is C17H16N2O3S. The molecule has 0 unspecified atom stereocenters. The van der Waals surface area contributed by atoms with Crippen molar-refractivity contribution in [1.82, 2.24) is 3.97 Å². The van der Waals surface area contributed by atoms with E-state index in [1.165, 1.54) is 12.1 Å². The molecular weight excluding hydrogens is 312 g/mol. The van der Waals surface area contributed by atoms with Gasteiger partial charge in [-0.2, -0.15) is 3.97 Å². The minimum absolute atomic E-state index is 0.108. The molecule has 0 fully saturated rings. The summed E-state index contributed by atoms with van der Waals surface area (Å²) in [4.78, 5) is 12.7. The molecule has 0 aliphatic carbocycles. The van der Waals surface area contributed by atoms with E-state index in [2.05, 4.69) is 0 Å². The van der Waals surface area contributed by atoms with Crippen molar-refractivity contribution < 1.29 is 8.42 Å². The van der Waals surface area contributed by atoms with E-state index in [1.54, 1.807) is 50.2 Å². The van der Waals surface area contributed by atoms with Crippen molar-refractivity contribution in [3.8, 4) is 0 Å². The number of hydrogen-bond acceptors (Lipinski definition) is 4. The number of rotatable bonds is 2. The van der Waals surface area contributed by atoms with E-state index in [1.807, 2.05) is 0 Å². The van der Waals surface area contributed by atoms with Gasteiger partial charge in [0.05, 0.1) is 10.4 Å². The second-order valence-corrected chi connectivity index (χ2v) is 7.24. The van der Waals surface area contributed by atoms with Crippen LogP contribution in [0.2, 0.25) is 0 Å². The zero-order valence-electron chi connectivity index (χ0n) is 12.8. The van der Waals surface area contributed by atoms with Crippen LogP contribution in [0.4, 0.5) is 5.69 Å². The summed E-state index contributed by atoms with van der Waals surface area (Å²) in [6.07, 6.45) is 0. The Bertz CT molecular complexity index is 1080. The molecule has 0 atom stereocenters. The van der Waals surface area contributed by atoms with Crippen LogP contribution in [0.25, 0.3) is 10.9 Å². The molecule has 1 aromatic heterocycles. The Hall–Kier alpha value is -2.60. The number of fused-ring (bicyclic) bond motifs is 1. The van der Waals surface area contributed by atoms with Gasteiger partial charge in [0.2, 0.25) is 0 Å². The first-order valence-electron chi connectivity index (χ1n) is 7.05. The number of benzene rings is 2. The van der Waals surface area contributed by atoms with E-state index < -0.39 is 15.6 Å². The van der Waals surface area contributed by atoms with Crippen molar-refractivity contribution in [2.24, 2.45) is 0 Å². The maximum atomic E-state index is 13.1. The predicted octanol–water partition coefficient (Wildman–Crippen LogP) is 2.44. The standard InChI is InChI=1S/C17H16N2O3S/c1-11-5-3-4-6-16(11)23(21,22)19-15-10-14(18)8-7-13(15)9-12(2)17(19)20/h3-10H,18H2,1-2H3. The van der Waals surface area contributed by atoms with Gasteiger partial charge in [0.25, 0.3) is 15.6 Å². The van der Waals surface area contributed by atoms with E-state index >= 15 is 0 Å². The maximum absolute atomic E-state index is 13.1. The van der Waals surface area contributed by atoms with Crippen LogP contribution in [0.3, 0.4) is 0 Å². The van der Waals surface area contributed by atoms with Crippen molar-refractivity contribution >= 4 is 26.6 Å². The molecule has 118 valence electrons. The van der Waals surface area contributed by atoms with Crippen molar-refractivity contribution in [3.63, 3.8) is 0 Å². The van der Waals surface area contributed by atoms with E-state index in [9.17, 15) is 13.2 Å². The van der Waals surface area contributed by atoms with E-state index in [4.69, 9.17) is 5.73 Å². The smallest absolute Gasteiger partial charge is 0.271 e. The zero-order chi connectivity index (χ0) is 16.8. The van der Waals surface area contributed by atoms with E-state index in [0.29, 0.717) is 22.2 Å². The van der Waals surface area contributed by atoms with Gasteiger partial charge in [-0.05, 0) is 49.1 Å². The molecule has 1 heterocycles. The molecule has 6 heteroatoms. The second kappa shape index (κ2) is 5.24. The number of aromatic nitrogens is 1. The summed E-state index contributed by atoms with van der Waals surface area (Å²) in [7, 11) is -4.02. The number of nitrogen functional groups attached to an aromatic ring is 1. The van der Waals surface area contributed by atoms with Gasteiger partial charge in [-0.3, -0.25) is 4.79 Å². The van der Waals surface area contributed by atoms with Gasteiger partial charge >= 0.3 is 0 Å². The van der Waals surface area contributed by atoms with Gasteiger partial charge in [-0.25, -0.2) is 8.42 Å². The van der Waals surface area contributed by atoms with E-state index in [0.717, 1.165) is 3.97 Å². The Morgan fingerprint density at radius 2 is 1.65 bits per heavy atom.